The lowest BCUT2D eigenvalue weighted by atomic mass is 10.1. The maximum Gasteiger partial charge on any atom is 0.416 e. The highest BCUT2D eigenvalue weighted by Crippen LogP contribution is 2.33. The number of nitrogens with zero attached hydrogens (tertiary/aromatic N) is 2. The van der Waals surface area contributed by atoms with Gasteiger partial charge in [-0.1, -0.05) is 6.07 Å². The number of esters is 1. The number of hydrogen-bond acceptors (Lipinski definition) is 5. The maximum absolute atomic E-state index is 12.7. The van der Waals surface area contributed by atoms with Crippen molar-refractivity contribution in [3.63, 3.8) is 0 Å². The normalized spacial score (nSPS) is 10.8. The summed E-state index contributed by atoms with van der Waals surface area (Å²) in [6.45, 7) is 1.49. The van der Waals surface area contributed by atoms with Crippen molar-refractivity contribution in [1.82, 2.24) is 4.98 Å². The summed E-state index contributed by atoms with van der Waals surface area (Å²) in [7, 11) is 1.18. The molecule has 0 amide bonds. The lowest BCUT2D eigenvalue weighted by molar-refractivity contribution is -0.137. The molecule has 0 saturated heterocycles. The largest absolute Gasteiger partial charge is 0.465 e. The molecule has 8 heteroatoms. The summed E-state index contributed by atoms with van der Waals surface area (Å²) in [5.74, 6) is -0.997. The Labute approximate surface area is 135 Å². The number of benzene rings is 1. The van der Waals surface area contributed by atoms with E-state index in [4.69, 9.17) is 10.00 Å². The molecule has 0 unspecified atom stereocenters. The molecule has 1 aromatic carbocycles. The molecule has 124 valence electrons. The molecular weight excluding hydrogens is 325 g/mol. The molecule has 0 bridgehead atoms. The number of carbonyl (C=O) groups excluding carboxylic acids is 1. The van der Waals surface area contributed by atoms with Gasteiger partial charge in [-0.25, -0.2) is 9.78 Å². The Morgan fingerprint density at radius 1 is 1.29 bits per heavy atom. The zero-order valence-electron chi connectivity index (χ0n) is 12.6. The van der Waals surface area contributed by atoms with Crippen LogP contribution in [-0.2, 0) is 10.9 Å². The van der Waals surface area contributed by atoms with Gasteiger partial charge in [-0.15, -0.1) is 0 Å². The number of rotatable bonds is 3. The van der Waals surface area contributed by atoms with Crippen molar-refractivity contribution in [2.75, 3.05) is 7.11 Å². The Balaban J connectivity index is 2.42. The summed E-state index contributed by atoms with van der Waals surface area (Å²) in [6, 6.07) is 7.19. The van der Waals surface area contributed by atoms with Crippen LogP contribution in [0.25, 0.3) is 0 Å². The van der Waals surface area contributed by atoms with E-state index in [0.29, 0.717) is 0 Å². The van der Waals surface area contributed by atoms with Crippen LogP contribution in [0.3, 0.4) is 0 Å². The van der Waals surface area contributed by atoms with Crippen LogP contribution in [0, 0.1) is 18.3 Å². The maximum atomic E-state index is 12.7. The Hall–Kier alpha value is -3.08. The van der Waals surface area contributed by atoms with Gasteiger partial charge in [0.25, 0.3) is 0 Å². The van der Waals surface area contributed by atoms with Crippen molar-refractivity contribution in [2.45, 2.75) is 13.1 Å². The molecule has 2 aromatic rings. The molecule has 1 aromatic heterocycles. The SMILES string of the molecule is COC(=O)c1cc(C#N)c(Oc2cccc(C(F)(F)F)c2)nc1C. The van der Waals surface area contributed by atoms with Crippen molar-refractivity contribution in [2.24, 2.45) is 0 Å². The van der Waals surface area contributed by atoms with Gasteiger partial charge in [0.05, 0.1) is 23.9 Å². The van der Waals surface area contributed by atoms with E-state index in [1.165, 1.54) is 32.2 Å². The van der Waals surface area contributed by atoms with Crippen molar-refractivity contribution >= 4 is 5.97 Å². The third kappa shape index (κ3) is 3.63. The van der Waals surface area contributed by atoms with Crippen LogP contribution >= 0.6 is 0 Å². The van der Waals surface area contributed by atoms with Crippen molar-refractivity contribution in [1.29, 1.82) is 5.26 Å². The number of hydrogen-bond donors (Lipinski definition) is 0. The first-order chi connectivity index (χ1) is 11.3. The smallest absolute Gasteiger partial charge is 0.416 e. The van der Waals surface area contributed by atoms with Crippen LogP contribution in [0.15, 0.2) is 30.3 Å². The van der Waals surface area contributed by atoms with Crippen LogP contribution in [0.1, 0.15) is 27.2 Å². The first-order valence-corrected chi connectivity index (χ1v) is 6.61. The minimum atomic E-state index is -4.52. The van der Waals surface area contributed by atoms with E-state index in [9.17, 15) is 18.0 Å². The van der Waals surface area contributed by atoms with Gasteiger partial charge in [-0.2, -0.15) is 18.4 Å². The van der Waals surface area contributed by atoms with Crippen molar-refractivity contribution in [3.8, 4) is 17.7 Å². The van der Waals surface area contributed by atoms with Gasteiger partial charge in [0.1, 0.15) is 17.4 Å². The quantitative estimate of drug-likeness (QED) is 0.796. The number of aryl methyl sites for hydroxylation is 1. The highest BCUT2D eigenvalue weighted by Gasteiger charge is 2.30. The summed E-state index contributed by atoms with van der Waals surface area (Å²) in [6.07, 6.45) is -4.52. The minimum Gasteiger partial charge on any atom is -0.465 e. The number of alkyl halides is 3. The third-order valence-electron chi connectivity index (χ3n) is 3.08. The molecule has 0 N–H and O–H groups in total. The summed E-state index contributed by atoms with van der Waals surface area (Å²) in [4.78, 5) is 15.6. The van der Waals surface area contributed by atoms with E-state index < -0.39 is 17.7 Å². The Morgan fingerprint density at radius 3 is 2.58 bits per heavy atom. The number of nitriles is 1. The fraction of sp³-hybridized carbons (Fsp3) is 0.188. The molecule has 0 aliphatic carbocycles. The standard InChI is InChI=1S/C16H11F3N2O3/c1-9-13(15(22)23-2)6-10(8-20)14(21-9)24-12-5-3-4-11(7-12)16(17,18)19/h3-7H,1-2H3. The third-order valence-corrected chi connectivity index (χ3v) is 3.08. The molecular formula is C16H11F3N2O3. The molecule has 0 aliphatic rings. The number of ether oxygens (including phenoxy) is 2. The number of methoxy groups -OCH3 is 1. The van der Waals surface area contributed by atoms with E-state index >= 15 is 0 Å². The minimum absolute atomic E-state index is 0.0745. The second-order valence-electron chi connectivity index (χ2n) is 4.71. The van der Waals surface area contributed by atoms with Gasteiger partial charge in [-0.05, 0) is 31.2 Å². The van der Waals surface area contributed by atoms with Crippen LogP contribution in [-0.4, -0.2) is 18.1 Å². The van der Waals surface area contributed by atoms with Gasteiger partial charge in [0, 0.05) is 0 Å². The summed E-state index contributed by atoms with van der Waals surface area (Å²) >= 11 is 0. The molecule has 1 heterocycles. The van der Waals surface area contributed by atoms with Gasteiger partial charge in [-0.3, -0.25) is 0 Å². The average molecular weight is 336 g/mol. The molecule has 0 radical (unpaired) electrons. The van der Waals surface area contributed by atoms with Crippen molar-refractivity contribution < 1.29 is 27.4 Å². The number of pyridine rings is 1. The fourth-order valence-electron chi connectivity index (χ4n) is 1.91. The van der Waals surface area contributed by atoms with Gasteiger partial charge in [0.2, 0.25) is 5.88 Å². The van der Waals surface area contributed by atoms with Gasteiger partial charge in [0.15, 0.2) is 0 Å². The van der Waals surface area contributed by atoms with E-state index in [1.54, 1.807) is 6.07 Å². The second-order valence-corrected chi connectivity index (χ2v) is 4.71. The predicted molar refractivity (Wildman–Crippen MR) is 76.5 cm³/mol. The zero-order chi connectivity index (χ0) is 17.9. The van der Waals surface area contributed by atoms with E-state index in [1.807, 2.05) is 0 Å². The molecule has 0 aliphatic heterocycles. The first kappa shape index (κ1) is 17.3. The van der Waals surface area contributed by atoms with Gasteiger partial charge < -0.3 is 9.47 Å². The van der Waals surface area contributed by atoms with Crippen LogP contribution in [0.4, 0.5) is 13.2 Å². The van der Waals surface area contributed by atoms with E-state index in [0.717, 1.165) is 12.1 Å². The Kier molecular flexibility index (Phi) is 4.74. The van der Waals surface area contributed by atoms with E-state index in [2.05, 4.69) is 9.72 Å². The van der Waals surface area contributed by atoms with Gasteiger partial charge >= 0.3 is 12.1 Å². The highest BCUT2D eigenvalue weighted by molar-refractivity contribution is 5.91. The molecule has 0 atom stereocenters. The van der Waals surface area contributed by atoms with Crippen LogP contribution in [0.5, 0.6) is 11.6 Å². The second kappa shape index (κ2) is 6.58. The topological polar surface area (TPSA) is 72.2 Å². The highest BCUT2D eigenvalue weighted by atomic mass is 19.4. The number of halogens is 3. The molecule has 24 heavy (non-hydrogen) atoms. The summed E-state index contributed by atoms with van der Waals surface area (Å²) < 4.78 is 48.0. The average Bonchev–Trinajstić information content (AvgIpc) is 2.54. The first-order valence-electron chi connectivity index (χ1n) is 6.61. The molecule has 0 spiro atoms. The lowest BCUT2D eigenvalue weighted by Gasteiger charge is -2.12. The van der Waals surface area contributed by atoms with Crippen molar-refractivity contribution in [3.05, 3.63) is 52.7 Å². The van der Waals surface area contributed by atoms with Crippen LogP contribution < -0.4 is 4.74 Å². The summed E-state index contributed by atoms with van der Waals surface area (Å²) in [5.41, 5.74) is -0.687. The monoisotopic (exact) mass is 336 g/mol. The molecule has 5 nitrogen and oxygen atoms in total. The molecule has 2 rings (SSSR count). The van der Waals surface area contributed by atoms with Crippen LogP contribution in [0.2, 0.25) is 0 Å². The number of carbonyl (C=O) groups is 1. The fourth-order valence-corrected chi connectivity index (χ4v) is 1.91. The zero-order valence-corrected chi connectivity index (χ0v) is 12.6. The molecule has 0 fully saturated rings. The lowest BCUT2D eigenvalue weighted by Crippen LogP contribution is -2.08. The Bertz CT molecular complexity index is 826. The number of aromatic nitrogens is 1. The Morgan fingerprint density at radius 2 is 2.00 bits per heavy atom. The molecule has 0 saturated carbocycles. The summed E-state index contributed by atoms with van der Waals surface area (Å²) in [5, 5.41) is 9.15. The predicted octanol–water partition coefficient (Wildman–Crippen LogP) is 3.86. The van der Waals surface area contributed by atoms with E-state index in [-0.39, 0.29) is 28.5 Å².